The number of methoxy groups -OCH3 is 1. The first kappa shape index (κ1) is 21.4. The van der Waals surface area contributed by atoms with E-state index < -0.39 is 22.7 Å². The average molecular weight is 437 g/mol. The van der Waals surface area contributed by atoms with Crippen molar-refractivity contribution in [2.45, 2.75) is 12.7 Å². The fraction of sp³-hybridized carbons (Fsp3) is 0.150. The Hall–Kier alpha value is -3.33. The molecule has 0 bridgehead atoms. The monoisotopic (exact) mass is 436 g/mol. The van der Waals surface area contributed by atoms with Gasteiger partial charge in [0.15, 0.2) is 5.82 Å². The van der Waals surface area contributed by atoms with Crippen LogP contribution in [0.15, 0.2) is 48.5 Å². The van der Waals surface area contributed by atoms with Gasteiger partial charge in [-0.1, -0.05) is 17.7 Å². The third-order valence-electron chi connectivity index (χ3n) is 4.03. The van der Waals surface area contributed by atoms with E-state index in [-0.39, 0.29) is 12.1 Å². The van der Waals surface area contributed by atoms with Gasteiger partial charge in [-0.2, -0.15) is 18.3 Å². The van der Waals surface area contributed by atoms with Crippen LogP contribution < -0.4 is 10.1 Å². The number of nitrogens with one attached hydrogen (secondary N) is 2. The number of H-pyrrole nitrogens is 1. The zero-order valence-corrected chi connectivity index (χ0v) is 16.4. The minimum absolute atomic E-state index is 0.0702. The molecule has 0 saturated heterocycles. The number of halogens is 4. The molecular weight excluding hydrogens is 421 g/mol. The number of aromatic amines is 1. The van der Waals surface area contributed by atoms with Gasteiger partial charge in [-0.05, 0) is 48.0 Å². The number of aromatic nitrogens is 3. The summed E-state index contributed by atoms with van der Waals surface area (Å²) < 4.78 is 43.8. The van der Waals surface area contributed by atoms with Crippen LogP contribution in [0.2, 0.25) is 5.02 Å². The number of nitrogens with zero attached hydrogens (tertiary/aromatic N) is 2. The minimum atomic E-state index is -4.57. The third-order valence-corrected chi connectivity index (χ3v) is 4.36. The molecule has 30 heavy (non-hydrogen) atoms. The SMILES string of the molecule is COc1ccc(-c2n[nH]c(CNC(=O)/C=C/c3ccc(Cl)c(C(F)(F)F)c3)n2)cc1. The summed E-state index contributed by atoms with van der Waals surface area (Å²) >= 11 is 5.58. The van der Waals surface area contributed by atoms with Crippen molar-refractivity contribution in [1.82, 2.24) is 20.5 Å². The topological polar surface area (TPSA) is 79.9 Å². The van der Waals surface area contributed by atoms with E-state index in [2.05, 4.69) is 20.5 Å². The molecule has 0 fully saturated rings. The molecule has 3 aromatic rings. The zero-order valence-electron chi connectivity index (χ0n) is 15.6. The smallest absolute Gasteiger partial charge is 0.417 e. The van der Waals surface area contributed by atoms with Gasteiger partial charge in [0.25, 0.3) is 0 Å². The molecule has 0 radical (unpaired) electrons. The van der Waals surface area contributed by atoms with Crippen molar-refractivity contribution in [3.05, 3.63) is 70.5 Å². The van der Waals surface area contributed by atoms with E-state index in [4.69, 9.17) is 16.3 Å². The number of amides is 1. The van der Waals surface area contributed by atoms with Crippen LogP contribution in [0.5, 0.6) is 5.75 Å². The fourth-order valence-electron chi connectivity index (χ4n) is 2.51. The summed E-state index contributed by atoms with van der Waals surface area (Å²) in [6.07, 6.45) is -2.18. The highest BCUT2D eigenvalue weighted by Crippen LogP contribution is 2.35. The maximum Gasteiger partial charge on any atom is 0.417 e. The van der Waals surface area contributed by atoms with E-state index in [0.717, 1.165) is 23.8 Å². The van der Waals surface area contributed by atoms with E-state index in [0.29, 0.717) is 17.4 Å². The molecular formula is C20H16ClF3N4O2. The molecule has 2 aromatic carbocycles. The normalized spacial score (nSPS) is 11.6. The summed E-state index contributed by atoms with van der Waals surface area (Å²) in [4.78, 5) is 16.3. The first-order chi connectivity index (χ1) is 14.3. The van der Waals surface area contributed by atoms with Crippen molar-refractivity contribution in [3.63, 3.8) is 0 Å². The lowest BCUT2D eigenvalue weighted by Gasteiger charge is -2.09. The maximum atomic E-state index is 12.9. The highest BCUT2D eigenvalue weighted by Gasteiger charge is 2.33. The molecule has 0 aliphatic carbocycles. The van der Waals surface area contributed by atoms with Crippen LogP contribution in [0.3, 0.4) is 0 Å². The number of alkyl halides is 3. The number of hydrogen-bond acceptors (Lipinski definition) is 4. The second kappa shape index (κ2) is 9.00. The summed E-state index contributed by atoms with van der Waals surface area (Å²) in [5.74, 6) is 1.09. The van der Waals surface area contributed by atoms with Crippen LogP contribution in [0.4, 0.5) is 13.2 Å². The van der Waals surface area contributed by atoms with E-state index >= 15 is 0 Å². The van der Waals surface area contributed by atoms with Crippen molar-refractivity contribution in [1.29, 1.82) is 0 Å². The second-order valence-corrected chi connectivity index (χ2v) is 6.53. The largest absolute Gasteiger partial charge is 0.497 e. The van der Waals surface area contributed by atoms with Crippen LogP contribution in [-0.4, -0.2) is 28.2 Å². The van der Waals surface area contributed by atoms with Gasteiger partial charge in [-0.25, -0.2) is 4.98 Å². The van der Waals surface area contributed by atoms with E-state index in [1.165, 1.54) is 12.1 Å². The van der Waals surface area contributed by atoms with Gasteiger partial charge in [0.05, 0.1) is 24.2 Å². The molecule has 10 heteroatoms. The Kier molecular flexibility index (Phi) is 6.41. The Labute approximate surface area is 174 Å². The third kappa shape index (κ3) is 5.38. The first-order valence-corrected chi connectivity index (χ1v) is 9.02. The molecule has 0 aliphatic heterocycles. The van der Waals surface area contributed by atoms with Crippen LogP contribution >= 0.6 is 11.6 Å². The van der Waals surface area contributed by atoms with Crippen molar-refractivity contribution in [2.75, 3.05) is 7.11 Å². The Morgan fingerprint density at radius 3 is 2.63 bits per heavy atom. The predicted octanol–water partition coefficient (Wildman–Crippen LogP) is 4.48. The summed E-state index contributed by atoms with van der Waals surface area (Å²) in [6, 6.07) is 10.6. The number of carbonyl (C=O) groups is 1. The van der Waals surface area contributed by atoms with E-state index in [9.17, 15) is 18.0 Å². The van der Waals surface area contributed by atoms with Gasteiger partial charge >= 0.3 is 6.18 Å². The van der Waals surface area contributed by atoms with Gasteiger partial charge in [0.2, 0.25) is 5.91 Å². The lowest BCUT2D eigenvalue weighted by Crippen LogP contribution is -2.21. The van der Waals surface area contributed by atoms with Crippen molar-refractivity contribution >= 4 is 23.6 Å². The van der Waals surface area contributed by atoms with Gasteiger partial charge in [0, 0.05) is 11.6 Å². The standard InChI is InChI=1S/C20H16ClF3N4O2/c1-30-14-6-4-13(5-7-14)19-26-17(27-28-19)11-25-18(29)9-3-12-2-8-16(21)15(10-12)20(22,23)24/h2-10H,11H2,1H3,(H,25,29)(H,26,27,28)/b9-3+. The molecule has 0 aliphatic rings. The minimum Gasteiger partial charge on any atom is -0.497 e. The van der Waals surface area contributed by atoms with Crippen LogP contribution in [0, 0.1) is 0 Å². The molecule has 0 spiro atoms. The second-order valence-electron chi connectivity index (χ2n) is 6.12. The van der Waals surface area contributed by atoms with Crippen molar-refractivity contribution in [3.8, 4) is 17.1 Å². The first-order valence-electron chi connectivity index (χ1n) is 8.64. The fourth-order valence-corrected chi connectivity index (χ4v) is 2.73. The number of carbonyl (C=O) groups excluding carboxylic acids is 1. The number of hydrogen-bond donors (Lipinski definition) is 2. The lowest BCUT2D eigenvalue weighted by atomic mass is 10.1. The molecule has 0 saturated carbocycles. The highest BCUT2D eigenvalue weighted by molar-refractivity contribution is 6.31. The lowest BCUT2D eigenvalue weighted by molar-refractivity contribution is -0.137. The Morgan fingerprint density at radius 2 is 1.97 bits per heavy atom. The molecule has 1 aromatic heterocycles. The number of benzene rings is 2. The zero-order chi connectivity index (χ0) is 21.7. The average Bonchev–Trinajstić information content (AvgIpc) is 3.20. The number of rotatable bonds is 6. The Bertz CT molecular complexity index is 1060. The van der Waals surface area contributed by atoms with Crippen molar-refractivity contribution in [2.24, 2.45) is 0 Å². The Balaban J connectivity index is 1.59. The molecule has 1 amide bonds. The number of ether oxygens (including phenoxy) is 1. The molecule has 6 nitrogen and oxygen atoms in total. The quantitative estimate of drug-likeness (QED) is 0.558. The molecule has 2 N–H and O–H groups in total. The summed E-state index contributed by atoms with van der Waals surface area (Å²) in [5, 5.41) is 8.99. The molecule has 0 atom stereocenters. The van der Waals surface area contributed by atoms with Gasteiger partial charge in [0.1, 0.15) is 11.6 Å². The van der Waals surface area contributed by atoms with E-state index in [1.807, 2.05) is 0 Å². The van der Waals surface area contributed by atoms with E-state index in [1.54, 1.807) is 31.4 Å². The maximum absolute atomic E-state index is 12.9. The van der Waals surface area contributed by atoms with Crippen LogP contribution in [0.25, 0.3) is 17.5 Å². The summed E-state index contributed by atoms with van der Waals surface area (Å²) in [6.45, 7) is 0.0702. The summed E-state index contributed by atoms with van der Waals surface area (Å²) in [7, 11) is 1.57. The Morgan fingerprint density at radius 1 is 1.23 bits per heavy atom. The van der Waals surface area contributed by atoms with Crippen LogP contribution in [0.1, 0.15) is 17.0 Å². The van der Waals surface area contributed by atoms with Crippen molar-refractivity contribution < 1.29 is 22.7 Å². The molecule has 0 unspecified atom stereocenters. The molecule has 156 valence electrons. The van der Waals surface area contributed by atoms with Gasteiger partial charge < -0.3 is 10.1 Å². The van der Waals surface area contributed by atoms with Gasteiger partial charge in [-0.15, -0.1) is 0 Å². The predicted molar refractivity (Wildman–Crippen MR) is 106 cm³/mol. The molecule has 3 rings (SSSR count). The molecule has 1 heterocycles. The van der Waals surface area contributed by atoms with Gasteiger partial charge in [-0.3, -0.25) is 9.89 Å². The van der Waals surface area contributed by atoms with Crippen LogP contribution in [-0.2, 0) is 17.5 Å². The summed E-state index contributed by atoms with van der Waals surface area (Å²) in [5.41, 5.74) is 0.00973. The highest BCUT2D eigenvalue weighted by atomic mass is 35.5.